The molecule has 0 spiro atoms. The Kier molecular flexibility index (Phi) is 4.57. The minimum atomic E-state index is -0.439. The van der Waals surface area contributed by atoms with E-state index in [4.69, 9.17) is 4.74 Å². The highest BCUT2D eigenvalue weighted by molar-refractivity contribution is 5.57. The molecule has 104 valence electrons. The summed E-state index contributed by atoms with van der Waals surface area (Å²) < 4.78 is 5.03. The Morgan fingerprint density at radius 1 is 1.58 bits per heavy atom. The zero-order valence-electron chi connectivity index (χ0n) is 11.0. The first-order valence-corrected chi connectivity index (χ1v) is 6.50. The van der Waals surface area contributed by atoms with Crippen LogP contribution in [0.25, 0.3) is 0 Å². The van der Waals surface area contributed by atoms with Gasteiger partial charge in [-0.2, -0.15) is 0 Å². The van der Waals surface area contributed by atoms with Crippen molar-refractivity contribution < 1.29 is 9.66 Å². The van der Waals surface area contributed by atoms with E-state index in [2.05, 4.69) is 10.6 Å². The third-order valence-electron chi connectivity index (χ3n) is 3.36. The number of nitro benzene ring substituents is 1. The summed E-state index contributed by atoms with van der Waals surface area (Å²) in [5.74, 6) is 0.286. The van der Waals surface area contributed by atoms with Gasteiger partial charge in [0.1, 0.15) is 0 Å². The maximum atomic E-state index is 10.8. The Morgan fingerprint density at radius 2 is 2.42 bits per heavy atom. The fourth-order valence-corrected chi connectivity index (χ4v) is 2.33. The second kappa shape index (κ2) is 6.38. The van der Waals surface area contributed by atoms with E-state index in [0.717, 1.165) is 25.2 Å². The molecule has 1 saturated heterocycles. The van der Waals surface area contributed by atoms with Gasteiger partial charge in [0, 0.05) is 30.4 Å². The molecule has 1 aliphatic heterocycles. The van der Waals surface area contributed by atoms with Gasteiger partial charge in [0.2, 0.25) is 0 Å². The van der Waals surface area contributed by atoms with Gasteiger partial charge in [-0.15, -0.1) is 0 Å². The molecule has 0 bridgehead atoms. The van der Waals surface area contributed by atoms with E-state index in [9.17, 15) is 10.1 Å². The largest absolute Gasteiger partial charge is 0.490 e. The van der Waals surface area contributed by atoms with Crippen molar-refractivity contribution in [2.45, 2.75) is 25.3 Å². The monoisotopic (exact) mass is 265 g/mol. The molecule has 1 unspecified atom stereocenters. The predicted octanol–water partition coefficient (Wildman–Crippen LogP) is 2.16. The standard InChI is InChI=1S/C13H19N3O3/c1-19-13-9-11(4-5-12(13)16(17)18)15-8-6-10-3-2-7-14-10/h4-5,9-10,14-15H,2-3,6-8H2,1H3. The van der Waals surface area contributed by atoms with Crippen LogP contribution in [-0.4, -0.2) is 31.2 Å². The smallest absolute Gasteiger partial charge is 0.311 e. The van der Waals surface area contributed by atoms with Crippen LogP contribution in [0.4, 0.5) is 11.4 Å². The van der Waals surface area contributed by atoms with Crippen LogP contribution >= 0.6 is 0 Å². The average Bonchev–Trinajstić information content (AvgIpc) is 2.91. The highest BCUT2D eigenvalue weighted by atomic mass is 16.6. The van der Waals surface area contributed by atoms with E-state index in [1.165, 1.54) is 26.0 Å². The SMILES string of the molecule is COc1cc(NCCC2CCCN2)ccc1[N+](=O)[O-]. The van der Waals surface area contributed by atoms with Crippen LogP contribution in [0.3, 0.4) is 0 Å². The van der Waals surface area contributed by atoms with Crippen LogP contribution in [0, 0.1) is 10.1 Å². The Morgan fingerprint density at radius 3 is 3.05 bits per heavy atom. The second-order valence-electron chi connectivity index (χ2n) is 4.65. The van der Waals surface area contributed by atoms with E-state index in [1.807, 2.05) is 0 Å². The summed E-state index contributed by atoms with van der Waals surface area (Å²) in [5, 5.41) is 17.5. The van der Waals surface area contributed by atoms with Gasteiger partial charge in [-0.3, -0.25) is 10.1 Å². The van der Waals surface area contributed by atoms with Crippen LogP contribution in [0.2, 0.25) is 0 Å². The van der Waals surface area contributed by atoms with Crippen molar-refractivity contribution in [1.29, 1.82) is 0 Å². The molecule has 2 rings (SSSR count). The van der Waals surface area contributed by atoms with E-state index >= 15 is 0 Å². The number of ether oxygens (including phenoxy) is 1. The number of nitro groups is 1. The molecule has 6 nitrogen and oxygen atoms in total. The minimum Gasteiger partial charge on any atom is -0.490 e. The first-order valence-electron chi connectivity index (χ1n) is 6.50. The lowest BCUT2D eigenvalue weighted by molar-refractivity contribution is -0.385. The minimum absolute atomic E-state index is 0.00879. The maximum absolute atomic E-state index is 10.8. The summed E-state index contributed by atoms with van der Waals surface area (Å²) in [6.45, 7) is 1.95. The first-order chi connectivity index (χ1) is 9.20. The van der Waals surface area contributed by atoms with E-state index in [1.54, 1.807) is 12.1 Å². The molecule has 1 aliphatic rings. The lowest BCUT2D eigenvalue weighted by Crippen LogP contribution is -2.24. The van der Waals surface area contributed by atoms with Gasteiger partial charge < -0.3 is 15.4 Å². The Bertz CT molecular complexity index is 445. The van der Waals surface area contributed by atoms with Gasteiger partial charge in [-0.25, -0.2) is 0 Å². The van der Waals surface area contributed by atoms with Crippen LogP contribution in [0.5, 0.6) is 5.75 Å². The maximum Gasteiger partial charge on any atom is 0.311 e. The van der Waals surface area contributed by atoms with Gasteiger partial charge >= 0.3 is 5.69 Å². The summed E-state index contributed by atoms with van der Waals surface area (Å²) in [4.78, 5) is 10.3. The quantitative estimate of drug-likeness (QED) is 0.609. The van der Waals surface area contributed by atoms with Crippen LogP contribution < -0.4 is 15.4 Å². The lowest BCUT2D eigenvalue weighted by Gasteiger charge is -2.12. The average molecular weight is 265 g/mol. The number of methoxy groups -OCH3 is 1. The molecule has 1 atom stereocenters. The van der Waals surface area contributed by atoms with Crippen molar-refractivity contribution in [3.63, 3.8) is 0 Å². The molecule has 0 amide bonds. The normalized spacial score (nSPS) is 18.3. The lowest BCUT2D eigenvalue weighted by atomic mass is 10.1. The molecular formula is C13H19N3O3. The second-order valence-corrected chi connectivity index (χ2v) is 4.65. The van der Waals surface area contributed by atoms with E-state index in [0.29, 0.717) is 6.04 Å². The number of rotatable bonds is 6. The highest BCUT2D eigenvalue weighted by Crippen LogP contribution is 2.29. The van der Waals surface area contributed by atoms with Gasteiger partial charge in [0.25, 0.3) is 0 Å². The zero-order chi connectivity index (χ0) is 13.7. The van der Waals surface area contributed by atoms with Crippen molar-refractivity contribution >= 4 is 11.4 Å². The van der Waals surface area contributed by atoms with Crippen molar-refractivity contribution in [3.8, 4) is 5.75 Å². The molecular weight excluding hydrogens is 246 g/mol. The molecule has 1 aromatic carbocycles. The Balaban J connectivity index is 1.91. The van der Waals surface area contributed by atoms with Crippen molar-refractivity contribution in [2.75, 3.05) is 25.5 Å². The van der Waals surface area contributed by atoms with Gasteiger partial charge in [0.15, 0.2) is 5.75 Å². The topological polar surface area (TPSA) is 76.4 Å². The Hall–Kier alpha value is -1.82. The summed E-state index contributed by atoms with van der Waals surface area (Å²) in [7, 11) is 1.44. The van der Waals surface area contributed by atoms with Gasteiger partial charge in [0.05, 0.1) is 12.0 Å². The molecule has 1 aromatic rings. The molecule has 19 heavy (non-hydrogen) atoms. The summed E-state index contributed by atoms with van der Waals surface area (Å²) >= 11 is 0. The number of anilines is 1. The fourth-order valence-electron chi connectivity index (χ4n) is 2.33. The summed E-state index contributed by atoms with van der Waals surface area (Å²) in [6, 6.07) is 5.44. The highest BCUT2D eigenvalue weighted by Gasteiger charge is 2.15. The van der Waals surface area contributed by atoms with Crippen molar-refractivity contribution in [3.05, 3.63) is 28.3 Å². The van der Waals surface area contributed by atoms with Gasteiger partial charge in [-0.1, -0.05) is 0 Å². The number of hydrogen-bond donors (Lipinski definition) is 2. The number of hydrogen-bond acceptors (Lipinski definition) is 5. The van der Waals surface area contributed by atoms with E-state index < -0.39 is 4.92 Å². The molecule has 0 aromatic heterocycles. The van der Waals surface area contributed by atoms with Crippen molar-refractivity contribution in [2.24, 2.45) is 0 Å². The third-order valence-corrected chi connectivity index (χ3v) is 3.36. The molecule has 1 heterocycles. The van der Waals surface area contributed by atoms with Gasteiger partial charge in [-0.05, 0) is 31.9 Å². The zero-order valence-corrected chi connectivity index (χ0v) is 11.0. The van der Waals surface area contributed by atoms with Crippen LogP contribution in [0.1, 0.15) is 19.3 Å². The third kappa shape index (κ3) is 3.57. The van der Waals surface area contributed by atoms with E-state index in [-0.39, 0.29) is 11.4 Å². The number of nitrogens with zero attached hydrogens (tertiary/aromatic N) is 1. The molecule has 2 N–H and O–H groups in total. The molecule has 0 saturated carbocycles. The Labute approximate surface area is 112 Å². The van der Waals surface area contributed by atoms with Crippen LogP contribution in [-0.2, 0) is 0 Å². The predicted molar refractivity (Wildman–Crippen MR) is 73.8 cm³/mol. The summed E-state index contributed by atoms with van der Waals surface area (Å²) in [6.07, 6.45) is 3.53. The molecule has 6 heteroatoms. The molecule has 0 aliphatic carbocycles. The van der Waals surface area contributed by atoms with Crippen LogP contribution in [0.15, 0.2) is 18.2 Å². The number of nitrogens with one attached hydrogen (secondary N) is 2. The fraction of sp³-hybridized carbons (Fsp3) is 0.538. The van der Waals surface area contributed by atoms with Crippen molar-refractivity contribution in [1.82, 2.24) is 5.32 Å². The molecule has 1 fully saturated rings. The first kappa shape index (κ1) is 13.6. The summed E-state index contributed by atoms with van der Waals surface area (Å²) in [5.41, 5.74) is 0.839. The number of benzene rings is 1. The molecule has 0 radical (unpaired) electrons.